The Morgan fingerprint density at radius 2 is 2.00 bits per heavy atom. The van der Waals surface area contributed by atoms with Gasteiger partial charge in [0, 0.05) is 34.7 Å². The number of aromatic nitrogens is 2. The molecule has 0 saturated carbocycles. The number of fused-ring (bicyclic) bond motifs is 5. The van der Waals surface area contributed by atoms with Crippen LogP contribution in [0.3, 0.4) is 0 Å². The molecular weight excluding hydrogens is 489 g/mol. The number of pyridine rings is 2. The molecule has 0 fully saturated rings. The summed E-state index contributed by atoms with van der Waals surface area (Å²) in [6.45, 7) is 3.26. The molecule has 0 bridgehead atoms. The maximum absolute atomic E-state index is 14.9. The lowest BCUT2D eigenvalue weighted by molar-refractivity contribution is -0.172. The number of aliphatic hydroxyl groups excluding tert-OH is 1. The first-order chi connectivity index (χ1) is 16.6. The molecule has 4 heterocycles. The number of esters is 1. The Labute approximate surface area is 212 Å². The fraction of sp³-hybridized carbons (Fsp3) is 0.423. The molecule has 6 rings (SSSR count). The third kappa shape index (κ3) is 3.00. The largest absolute Gasteiger partial charge is 0.458 e. The molecule has 0 spiro atoms. The summed E-state index contributed by atoms with van der Waals surface area (Å²) in [4.78, 5) is 30.8. The maximum Gasteiger partial charge on any atom is 0.343 e. The number of ether oxygens (including phenoxy) is 1. The van der Waals surface area contributed by atoms with E-state index < -0.39 is 17.1 Å². The average molecular weight is 516 g/mol. The van der Waals surface area contributed by atoms with Gasteiger partial charge in [0.2, 0.25) is 0 Å². The van der Waals surface area contributed by atoms with Crippen LogP contribution in [0.4, 0.5) is 4.39 Å². The summed E-state index contributed by atoms with van der Waals surface area (Å²) in [5, 5.41) is 21.7. The lowest BCUT2D eigenvalue weighted by Crippen LogP contribution is -2.44. The van der Waals surface area contributed by atoms with Gasteiger partial charge in [0.05, 0.1) is 29.0 Å². The molecule has 3 aliphatic rings. The molecule has 190 valence electrons. The van der Waals surface area contributed by atoms with Crippen LogP contribution in [0.25, 0.3) is 22.3 Å². The molecule has 0 amide bonds. The Hall–Kier alpha value is -2.85. The second-order valence-corrected chi connectivity index (χ2v) is 9.90. The number of nitrogens with two attached hydrogens (primary N) is 1. The average Bonchev–Trinajstić information content (AvgIpc) is 3.19. The van der Waals surface area contributed by atoms with Crippen molar-refractivity contribution < 1.29 is 24.1 Å². The van der Waals surface area contributed by atoms with Crippen molar-refractivity contribution in [2.45, 2.75) is 63.8 Å². The van der Waals surface area contributed by atoms with Gasteiger partial charge < -0.3 is 25.3 Å². The van der Waals surface area contributed by atoms with Crippen molar-refractivity contribution in [3.8, 4) is 11.4 Å². The van der Waals surface area contributed by atoms with Gasteiger partial charge in [-0.2, -0.15) is 0 Å². The van der Waals surface area contributed by atoms with Crippen LogP contribution in [-0.2, 0) is 40.2 Å². The Morgan fingerprint density at radius 3 is 2.69 bits per heavy atom. The van der Waals surface area contributed by atoms with Gasteiger partial charge in [-0.05, 0) is 55.4 Å². The Morgan fingerprint density at radius 1 is 1.25 bits per heavy atom. The number of rotatable bonds is 3. The van der Waals surface area contributed by atoms with E-state index in [-0.39, 0.29) is 61.1 Å². The number of carbonyl (C=O) groups is 1. The van der Waals surface area contributed by atoms with Gasteiger partial charge in [-0.25, -0.2) is 14.2 Å². The highest BCUT2D eigenvalue weighted by Crippen LogP contribution is 2.48. The number of halogens is 2. The molecule has 2 atom stereocenters. The standard InChI is InChI=1S/C26H26FN3O5.ClH/c1-3-26(34)16-8-19-22-14(10-30(19)23(32)15(16)11-35-24(26)33)21-20-13(4-5-25(21,28)6-7-31)12(2)17(27)9-18(20)29-22;/h8-9,31,34H,3-7,10-11,28H2,1-2H3;1H/t25-,26+;/m1./s1. The van der Waals surface area contributed by atoms with E-state index in [2.05, 4.69) is 0 Å². The van der Waals surface area contributed by atoms with Crippen LogP contribution >= 0.6 is 12.4 Å². The van der Waals surface area contributed by atoms with E-state index in [4.69, 9.17) is 15.5 Å². The summed E-state index contributed by atoms with van der Waals surface area (Å²) in [6, 6.07) is 3.03. The molecule has 2 aliphatic heterocycles. The SMILES string of the molecule is CC[C@@]1(O)C(=O)OCc2c1cc1n(c2=O)Cc2c-1nc1cc(F)c(C)c3c1c2[C@](N)(CCO)CC3.Cl. The summed E-state index contributed by atoms with van der Waals surface area (Å²) in [5.41, 5.74) is 8.52. The van der Waals surface area contributed by atoms with Gasteiger partial charge in [-0.1, -0.05) is 6.92 Å². The van der Waals surface area contributed by atoms with Crippen molar-refractivity contribution in [2.24, 2.45) is 5.73 Å². The molecule has 36 heavy (non-hydrogen) atoms. The molecule has 4 N–H and O–H groups in total. The zero-order valence-corrected chi connectivity index (χ0v) is 20.8. The Bertz CT molecular complexity index is 1540. The lowest BCUT2D eigenvalue weighted by atomic mass is 9.72. The number of aliphatic hydroxyl groups is 2. The first-order valence-electron chi connectivity index (χ1n) is 11.9. The first kappa shape index (κ1) is 24.8. The molecular formula is C26H27ClFN3O5. The minimum atomic E-state index is -1.93. The number of aryl methyl sites for hydroxylation is 1. The van der Waals surface area contributed by atoms with Crippen LogP contribution < -0.4 is 11.3 Å². The molecule has 0 saturated heterocycles. The van der Waals surface area contributed by atoms with Gasteiger partial charge in [0.15, 0.2) is 5.60 Å². The van der Waals surface area contributed by atoms with Crippen molar-refractivity contribution >= 4 is 29.3 Å². The van der Waals surface area contributed by atoms with E-state index in [0.29, 0.717) is 41.7 Å². The van der Waals surface area contributed by atoms with E-state index in [0.717, 1.165) is 22.1 Å². The third-order valence-corrected chi connectivity index (χ3v) is 8.18. The van der Waals surface area contributed by atoms with Gasteiger partial charge >= 0.3 is 5.97 Å². The van der Waals surface area contributed by atoms with E-state index in [1.807, 2.05) is 0 Å². The maximum atomic E-state index is 14.9. The number of hydrogen-bond donors (Lipinski definition) is 3. The summed E-state index contributed by atoms with van der Waals surface area (Å²) >= 11 is 0. The molecule has 3 aromatic rings. The fourth-order valence-electron chi connectivity index (χ4n) is 6.17. The number of benzene rings is 1. The van der Waals surface area contributed by atoms with Gasteiger partial charge in [-0.3, -0.25) is 4.79 Å². The van der Waals surface area contributed by atoms with E-state index in [9.17, 15) is 24.2 Å². The van der Waals surface area contributed by atoms with Crippen LogP contribution in [0.5, 0.6) is 0 Å². The van der Waals surface area contributed by atoms with Crippen LogP contribution in [0.15, 0.2) is 16.9 Å². The summed E-state index contributed by atoms with van der Waals surface area (Å²) in [7, 11) is 0. The van der Waals surface area contributed by atoms with Gasteiger partial charge in [-0.15, -0.1) is 12.4 Å². The summed E-state index contributed by atoms with van der Waals surface area (Å²) in [6.07, 6.45) is 1.44. The zero-order chi connectivity index (χ0) is 24.9. The number of carbonyl (C=O) groups excluding carboxylic acids is 1. The quantitative estimate of drug-likeness (QED) is 0.357. The Kier molecular flexibility index (Phi) is 5.57. The van der Waals surface area contributed by atoms with Crippen molar-refractivity contribution in [3.63, 3.8) is 0 Å². The second-order valence-electron chi connectivity index (χ2n) is 9.90. The highest BCUT2D eigenvalue weighted by Gasteiger charge is 2.46. The smallest absolute Gasteiger partial charge is 0.343 e. The van der Waals surface area contributed by atoms with Crippen molar-refractivity contribution in [3.05, 3.63) is 61.7 Å². The van der Waals surface area contributed by atoms with E-state index >= 15 is 0 Å². The molecule has 2 aromatic heterocycles. The molecule has 10 heteroatoms. The minimum absolute atomic E-state index is 0. The monoisotopic (exact) mass is 515 g/mol. The predicted octanol–water partition coefficient (Wildman–Crippen LogP) is 2.43. The number of hydrogen-bond acceptors (Lipinski definition) is 7. The number of nitrogens with zero attached hydrogens (tertiary/aromatic N) is 2. The fourth-order valence-corrected chi connectivity index (χ4v) is 6.17. The molecule has 0 unspecified atom stereocenters. The normalized spacial score (nSPS) is 23.6. The third-order valence-electron chi connectivity index (χ3n) is 8.18. The highest BCUT2D eigenvalue weighted by atomic mass is 35.5. The summed E-state index contributed by atoms with van der Waals surface area (Å²) in [5.74, 6) is -1.15. The predicted molar refractivity (Wildman–Crippen MR) is 132 cm³/mol. The van der Waals surface area contributed by atoms with E-state index in [1.54, 1.807) is 24.5 Å². The molecule has 1 aliphatic carbocycles. The summed E-state index contributed by atoms with van der Waals surface area (Å²) < 4.78 is 21.6. The first-order valence-corrected chi connectivity index (χ1v) is 11.9. The van der Waals surface area contributed by atoms with Crippen LogP contribution in [0.1, 0.15) is 59.6 Å². The van der Waals surface area contributed by atoms with Crippen molar-refractivity contribution in [1.29, 1.82) is 0 Å². The molecule has 8 nitrogen and oxygen atoms in total. The Balaban J connectivity index is 0.00000267. The zero-order valence-electron chi connectivity index (χ0n) is 20.0. The van der Waals surface area contributed by atoms with Crippen LogP contribution in [0.2, 0.25) is 0 Å². The molecule has 1 aromatic carbocycles. The van der Waals surface area contributed by atoms with Gasteiger partial charge in [0.25, 0.3) is 5.56 Å². The molecule has 0 radical (unpaired) electrons. The minimum Gasteiger partial charge on any atom is -0.458 e. The van der Waals surface area contributed by atoms with Crippen LogP contribution in [0, 0.1) is 12.7 Å². The highest BCUT2D eigenvalue weighted by molar-refractivity contribution is 5.93. The van der Waals surface area contributed by atoms with Crippen molar-refractivity contribution in [2.75, 3.05) is 6.61 Å². The van der Waals surface area contributed by atoms with Crippen molar-refractivity contribution in [1.82, 2.24) is 9.55 Å². The lowest BCUT2D eigenvalue weighted by Gasteiger charge is -2.37. The van der Waals surface area contributed by atoms with E-state index in [1.165, 1.54) is 6.07 Å². The number of cyclic esters (lactones) is 1. The van der Waals surface area contributed by atoms with Gasteiger partial charge in [0.1, 0.15) is 12.4 Å². The van der Waals surface area contributed by atoms with Crippen LogP contribution in [-0.4, -0.2) is 32.3 Å². The topological polar surface area (TPSA) is 128 Å². The second kappa shape index (κ2) is 8.08.